The van der Waals surface area contributed by atoms with E-state index in [1.54, 1.807) is 12.1 Å². The fraction of sp³-hybridized carbons (Fsp3) is 0.500. The maximum atomic E-state index is 5.69. The van der Waals surface area contributed by atoms with E-state index in [1.165, 1.54) is 24.8 Å². The number of aromatic nitrogens is 2. The summed E-state index contributed by atoms with van der Waals surface area (Å²) in [5, 5.41) is 12.5. The number of anilines is 1. The van der Waals surface area contributed by atoms with E-state index in [4.69, 9.17) is 11.6 Å². The van der Waals surface area contributed by atoms with Gasteiger partial charge in [-0.25, -0.2) is 0 Å². The molecule has 1 aliphatic rings. The molecule has 19 heavy (non-hydrogen) atoms. The zero-order valence-corrected chi connectivity index (χ0v) is 12.0. The molecular formula is C14H19ClN4. The summed E-state index contributed by atoms with van der Waals surface area (Å²) in [6.45, 7) is 2.22. The molecule has 102 valence electrons. The summed E-state index contributed by atoms with van der Waals surface area (Å²) in [5.41, 5.74) is 5.47. The van der Waals surface area contributed by atoms with Gasteiger partial charge >= 0.3 is 0 Å². The lowest BCUT2D eigenvalue weighted by Gasteiger charge is -2.05. The second kappa shape index (κ2) is 7.24. The first-order chi connectivity index (χ1) is 9.29. The van der Waals surface area contributed by atoms with Crippen LogP contribution in [-0.2, 0) is 0 Å². The third kappa shape index (κ3) is 4.31. The molecule has 4 nitrogen and oxygen atoms in total. The third-order valence-corrected chi connectivity index (χ3v) is 3.33. The minimum absolute atomic E-state index is 0.388. The van der Waals surface area contributed by atoms with Gasteiger partial charge in [0, 0.05) is 0 Å². The first-order valence-corrected chi connectivity index (χ1v) is 7.18. The van der Waals surface area contributed by atoms with Crippen LogP contribution in [0.25, 0.3) is 0 Å². The normalized spacial score (nSPS) is 16.7. The van der Waals surface area contributed by atoms with Gasteiger partial charge in [0.2, 0.25) is 0 Å². The topological polar surface area (TPSA) is 50.2 Å². The molecule has 5 heteroatoms. The molecule has 0 atom stereocenters. The number of nitrogens with zero attached hydrogens (tertiary/aromatic N) is 3. The molecule has 0 aliphatic heterocycles. The molecule has 0 spiro atoms. The van der Waals surface area contributed by atoms with Crippen molar-refractivity contribution in [1.29, 1.82) is 0 Å². The lowest BCUT2D eigenvalue weighted by Crippen LogP contribution is -2.03. The van der Waals surface area contributed by atoms with Gasteiger partial charge in [0.15, 0.2) is 11.0 Å². The molecule has 1 aliphatic carbocycles. The van der Waals surface area contributed by atoms with Crippen LogP contribution in [0.3, 0.4) is 0 Å². The van der Waals surface area contributed by atoms with Crippen LogP contribution in [0.1, 0.15) is 45.4 Å². The average Bonchev–Trinajstić information content (AvgIpc) is 2.86. The van der Waals surface area contributed by atoms with Crippen molar-refractivity contribution in [3.8, 4) is 0 Å². The summed E-state index contributed by atoms with van der Waals surface area (Å²) in [7, 11) is 0. The Morgan fingerprint density at radius 2 is 2.21 bits per heavy atom. The molecule has 0 amide bonds. The molecule has 1 aromatic heterocycles. The Morgan fingerprint density at radius 3 is 2.95 bits per heavy atom. The maximum Gasteiger partial charge on any atom is 0.168 e. The molecule has 0 fully saturated rings. The van der Waals surface area contributed by atoms with E-state index >= 15 is 0 Å². The van der Waals surface area contributed by atoms with E-state index in [0.717, 1.165) is 25.0 Å². The summed E-state index contributed by atoms with van der Waals surface area (Å²) >= 11 is 5.69. The largest absolute Gasteiger partial charge is 0.260 e. The molecule has 0 unspecified atom stereocenters. The Bertz CT molecular complexity index is 465. The number of nitrogens with one attached hydrogen (secondary N) is 1. The minimum Gasteiger partial charge on any atom is -0.260 e. The average molecular weight is 279 g/mol. The SMILES string of the molecule is CCCCCC1=CCC/C1=N\Nc1ccc(Cl)nn1. The highest BCUT2D eigenvalue weighted by Gasteiger charge is 2.12. The summed E-state index contributed by atoms with van der Waals surface area (Å²) in [6.07, 6.45) is 9.29. The highest BCUT2D eigenvalue weighted by molar-refractivity contribution is 6.29. The first kappa shape index (κ1) is 14.0. The number of halogens is 1. The van der Waals surface area contributed by atoms with E-state index < -0.39 is 0 Å². The van der Waals surface area contributed by atoms with Gasteiger partial charge in [-0.05, 0) is 43.4 Å². The molecule has 2 rings (SSSR count). The highest BCUT2D eigenvalue weighted by Crippen LogP contribution is 2.21. The molecular weight excluding hydrogens is 260 g/mol. The van der Waals surface area contributed by atoms with Crippen LogP contribution in [-0.4, -0.2) is 15.9 Å². The third-order valence-electron chi connectivity index (χ3n) is 3.13. The van der Waals surface area contributed by atoms with Gasteiger partial charge in [0.25, 0.3) is 0 Å². The fourth-order valence-electron chi connectivity index (χ4n) is 2.10. The Balaban J connectivity index is 1.91. The van der Waals surface area contributed by atoms with E-state index in [0.29, 0.717) is 11.0 Å². The Hall–Kier alpha value is -1.42. The quantitative estimate of drug-likeness (QED) is 0.627. The number of hydrazone groups is 1. The van der Waals surface area contributed by atoms with E-state index in [9.17, 15) is 0 Å². The fourth-order valence-corrected chi connectivity index (χ4v) is 2.20. The Morgan fingerprint density at radius 1 is 1.32 bits per heavy atom. The molecule has 0 aromatic carbocycles. The van der Waals surface area contributed by atoms with Gasteiger partial charge in [-0.3, -0.25) is 5.43 Å². The monoisotopic (exact) mass is 278 g/mol. The second-order valence-corrected chi connectivity index (χ2v) is 5.02. The van der Waals surface area contributed by atoms with Crippen LogP contribution in [0, 0.1) is 0 Å². The van der Waals surface area contributed by atoms with Crippen molar-refractivity contribution < 1.29 is 0 Å². The smallest absolute Gasteiger partial charge is 0.168 e. The number of rotatable bonds is 6. The number of hydrogen-bond acceptors (Lipinski definition) is 4. The summed E-state index contributed by atoms with van der Waals surface area (Å²) in [5.74, 6) is 0.622. The number of unbranched alkanes of at least 4 members (excludes halogenated alkanes) is 2. The van der Waals surface area contributed by atoms with Crippen LogP contribution in [0.5, 0.6) is 0 Å². The van der Waals surface area contributed by atoms with Crippen LogP contribution in [0.15, 0.2) is 28.9 Å². The lowest BCUT2D eigenvalue weighted by atomic mass is 10.1. The van der Waals surface area contributed by atoms with Gasteiger partial charge in [0.1, 0.15) is 0 Å². The predicted octanol–water partition coefficient (Wildman–Crippen LogP) is 4.20. The zero-order valence-electron chi connectivity index (χ0n) is 11.2. The van der Waals surface area contributed by atoms with E-state index in [2.05, 4.69) is 33.7 Å². The Kier molecular flexibility index (Phi) is 5.33. The molecule has 1 N–H and O–H groups in total. The maximum absolute atomic E-state index is 5.69. The van der Waals surface area contributed by atoms with Crippen molar-refractivity contribution in [2.45, 2.75) is 45.4 Å². The minimum atomic E-state index is 0.388. The van der Waals surface area contributed by atoms with Gasteiger partial charge in [-0.15, -0.1) is 10.2 Å². The predicted molar refractivity (Wildman–Crippen MR) is 79.6 cm³/mol. The molecule has 1 heterocycles. The van der Waals surface area contributed by atoms with Crippen molar-refractivity contribution >= 4 is 23.1 Å². The molecule has 0 bridgehead atoms. The second-order valence-electron chi connectivity index (χ2n) is 4.64. The molecule has 0 saturated carbocycles. The van der Waals surface area contributed by atoms with Crippen molar-refractivity contribution in [3.63, 3.8) is 0 Å². The van der Waals surface area contributed by atoms with Crippen molar-refractivity contribution in [2.75, 3.05) is 5.43 Å². The van der Waals surface area contributed by atoms with Crippen molar-refractivity contribution in [2.24, 2.45) is 5.10 Å². The van der Waals surface area contributed by atoms with Gasteiger partial charge in [0.05, 0.1) is 5.71 Å². The van der Waals surface area contributed by atoms with Crippen molar-refractivity contribution in [1.82, 2.24) is 10.2 Å². The van der Waals surface area contributed by atoms with Crippen LogP contribution in [0.4, 0.5) is 5.82 Å². The van der Waals surface area contributed by atoms with Crippen LogP contribution < -0.4 is 5.43 Å². The van der Waals surface area contributed by atoms with E-state index in [-0.39, 0.29) is 0 Å². The molecule has 0 saturated heterocycles. The summed E-state index contributed by atoms with van der Waals surface area (Å²) in [6, 6.07) is 3.47. The molecule has 1 aromatic rings. The first-order valence-electron chi connectivity index (χ1n) is 6.81. The number of hydrogen-bond donors (Lipinski definition) is 1. The van der Waals surface area contributed by atoms with Gasteiger partial charge in [-0.2, -0.15) is 5.10 Å². The van der Waals surface area contributed by atoms with E-state index in [1.807, 2.05) is 0 Å². The standard InChI is InChI=1S/C14H19ClN4/c1-2-3-4-6-11-7-5-8-12(11)16-18-14-10-9-13(15)17-19-14/h7,9-10H,2-6,8H2,1H3,(H,18,19)/b16-12+. The summed E-state index contributed by atoms with van der Waals surface area (Å²) in [4.78, 5) is 0. The zero-order chi connectivity index (χ0) is 13.5. The van der Waals surface area contributed by atoms with Crippen molar-refractivity contribution in [3.05, 3.63) is 28.9 Å². The molecule has 0 radical (unpaired) electrons. The van der Waals surface area contributed by atoms with Crippen LogP contribution >= 0.6 is 11.6 Å². The van der Waals surface area contributed by atoms with Gasteiger partial charge < -0.3 is 0 Å². The summed E-state index contributed by atoms with van der Waals surface area (Å²) < 4.78 is 0. The highest BCUT2D eigenvalue weighted by atomic mass is 35.5. The van der Waals surface area contributed by atoms with Crippen LogP contribution in [0.2, 0.25) is 5.15 Å². The number of allylic oxidation sites excluding steroid dienone is 2. The lowest BCUT2D eigenvalue weighted by molar-refractivity contribution is 0.722. The van der Waals surface area contributed by atoms with Gasteiger partial charge in [-0.1, -0.05) is 37.4 Å². The Labute approximate surface area is 119 Å².